The number of aryl methyl sites for hydroxylation is 1. The summed E-state index contributed by atoms with van der Waals surface area (Å²) < 4.78 is 13.4. The number of rotatable bonds is 1. The van der Waals surface area contributed by atoms with E-state index in [4.69, 9.17) is 5.73 Å². The van der Waals surface area contributed by atoms with Crippen LogP contribution in [0.2, 0.25) is 0 Å². The van der Waals surface area contributed by atoms with Crippen molar-refractivity contribution in [3.63, 3.8) is 0 Å². The Morgan fingerprint density at radius 2 is 2.20 bits per heavy atom. The van der Waals surface area contributed by atoms with E-state index in [1.54, 1.807) is 13.0 Å². The van der Waals surface area contributed by atoms with E-state index in [1.807, 2.05) is 19.2 Å². The Bertz CT molecular complexity index is 355. The van der Waals surface area contributed by atoms with Crippen LogP contribution in [0.25, 0.3) is 0 Å². The molecular formula is C12H17FN2. The zero-order chi connectivity index (χ0) is 11.0. The molecule has 0 saturated carbocycles. The summed E-state index contributed by atoms with van der Waals surface area (Å²) in [6, 6.07) is 5.70. The van der Waals surface area contributed by atoms with E-state index in [-0.39, 0.29) is 17.9 Å². The van der Waals surface area contributed by atoms with E-state index in [2.05, 4.69) is 4.90 Å². The van der Waals surface area contributed by atoms with E-state index in [1.165, 1.54) is 0 Å². The Labute approximate surface area is 89.9 Å². The summed E-state index contributed by atoms with van der Waals surface area (Å²) in [7, 11) is 2.04. The Balaban J connectivity index is 2.32. The van der Waals surface area contributed by atoms with Gasteiger partial charge in [0.2, 0.25) is 0 Å². The van der Waals surface area contributed by atoms with Gasteiger partial charge in [-0.2, -0.15) is 0 Å². The first-order valence-corrected chi connectivity index (χ1v) is 5.31. The maximum absolute atomic E-state index is 13.4. The number of nitrogens with two attached hydrogens (primary N) is 1. The second kappa shape index (κ2) is 3.91. The molecule has 2 unspecified atom stereocenters. The molecule has 0 aliphatic carbocycles. The SMILES string of the molecule is Cc1ccc(C2C(N)CCN2C)cc1F. The van der Waals surface area contributed by atoms with Crippen LogP contribution in [-0.4, -0.2) is 24.5 Å². The van der Waals surface area contributed by atoms with Crippen molar-refractivity contribution in [2.45, 2.75) is 25.4 Å². The van der Waals surface area contributed by atoms with Crippen LogP contribution in [0.15, 0.2) is 18.2 Å². The van der Waals surface area contributed by atoms with Crippen molar-refractivity contribution < 1.29 is 4.39 Å². The molecule has 0 bridgehead atoms. The van der Waals surface area contributed by atoms with Gasteiger partial charge in [0.25, 0.3) is 0 Å². The van der Waals surface area contributed by atoms with Crippen LogP contribution < -0.4 is 5.73 Å². The van der Waals surface area contributed by atoms with Gasteiger partial charge in [-0.15, -0.1) is 0 Å². The summed E-state index contributed by atoms with van der Waals surface area (Å²) in [6.45, 7) is 2.76. The number of likely N-dealkylation sites (tertiary alicyclic amines) is 1. The number of nitrogens with zero attached hydrogens (tertiary/aromatic N) is 1. The highest BCUT2D eigenvalue weighted by molar-refractivity contribution is 5.27. The molecule has 82 valence electrons. The number of hydrogen-bond donors (Lipinski definition) is 1. The maximum Gasteiger partial charge on any atom is 0.126 e. The van der Waals surface area contributed by atoms with Gasteiger partial charge in [0, 0.05) is 18.6 Å². The number of likely N-dealkylation sites (N-methyl/N-ethyl adjacent to an activating group) is 1. The minimum absolute atomic E-state index is 0.122. The molecule has 2 N–H and O–H groups in total. The van der Waals surface area contributed by atoms with Crippen molar-refractivity contribution in [3.8, 4) is 0 Å². The molecule has 0 aromatic heterocycles. The van der Waals surface area contributed by atoms with E-state index < -0.39 is 0 Å². The van der Waals surface area contributed by atoms with Crippen LogP contribution in [0, 0.1) is 12.7 Å². The summed E-state index contributed by atoms with van der Waals surface area (Å²) in [4.78, 5) is 2.19. The first-order valence-electron chi connectivity index (χ1n) is 5.31. The normalized spacial score (nSPS) is 27.2. The summed E-state index contributed by atoms with van der Waals surface area (Å²) in [6.07, 6.45) is 0.983. The Kier molecular flexibility index (Phi) is 2.76. The number of benzene rings is 1. The summed E-state index contributed by atoms with van der Waals surface area (Å²) in [5, 5.41) is 0. The predicted octanol–water partition coefficient (Wildman–Crippen LogP) is 1.84. The molecule has 0 amide bonds. The quantitative estimate of drug-likeness (QED) is 0.763. The topological polar surface area (TPSA) is 29.3 Å². The summed E-state index contributed by atoms with van der Waals surface area (Å²) in [5.41, 5.74) is 7.70. The number of hydrogen-bond acceptors (Lipinski definition) is 2. The lowest BCUT2D eigenvalue weighted by molar-refractivity contribution is 0.303. The van der Waals surface area contributed by atoms with Gasteiger partial charge in [-0.05, 0) is 37.6 Å². The lowest BCUT2D eigenvalue weighted by Crippen LogP contribution is -2.29. The van der Waals surface area contributed by atoms with Crippen molar-refractivity contribution in [1.29, 1.82) is 0 Å². The molecule has 1 aromatic carbocycles. The van der Waals surface area contributed by atoms with Crippen molar-refractivity contribution in [2.75, 3.05) is 13.6 Å². The van der Waals surface area contributed by atoms with Gasteiger partial charge in [0.05, 0.1) is 0 Å². The van der Waals surface area contributed by atoms with Gasteiger partial charge in [-0.1, -0.05) is 12.1 Å². The molecule has 0 radical (unpaired) electrons. The highest BCUT2D eigenvalue weighted by atomic mass is 19.1. The fourth-order valence-electron chi connectivity index (χ4n) is 2.27. The van der Waals surface area contributed by atoms with Crippen LogP contribution >= 0.6 is 0 Å². The van der Waals surface area contributed by atoms with Crippen molar-refractivity contribution in [3.05, 3.63) is 35.1 Å². The first-order chi connectivity index (χ1) is 7.09. The first kappa shape index (κ1) is 10.6. The highest BCUT2D eigenvalue weighted by Gasteiger charge is 2.30. The fourth-order valence-corrected chi connectivity index (χ4v) is 2.27. The second-order valence-corrected chi connectivity index (χ2v) is 4.39. The minimum atomic E-state index is -0.139. The minimum Gasteiger partial charge on any atom is -0.326 e. The average molecular weight is 208 g/mol. The summed E-state index contributed by atoms with van der Waals surface area (Å²) >= 11 is 0. The zero-order valence-electron chi connectivity index (χ0n) is 9.20. The fraction of sp³-hybridized carbons (Fsp3) is 0.500. The zero-order valence-corrected chi connectivity index (χ0v) is 9.20. The van der Waals surface area contributed by atoms with Gasteiger partial charge >= 0.3 is 0 Å². The Hall–Kier alpha value is -0.930. The molecule has 2 rings (SSSR count). The van der Waals surface area contributed by atoms with Crippen LogP contribution in [0.1, 0.15) is 23.6 Å². The molecule has 1 aliphatic heterocycles. The van der Waals surface area contributed by atoms with Gasteiger partial charge < -0.3 is 5.73 Å². The number of halogens is 1. The maximum atomic E-state index is 13.4. The molecule has 1 aliphatic rings. The molecule has 2 nitrogen and oxygen atoms in total. The van der Waals surface area contributed by atoms with E-state index in [0.29, 0.717) is 5.56 Å². The van der Waals surface area contributed by atoms with E-state index in [9.17, 15) is 4.39 Å². The smallest absolute Gasteiger partial charge is 0.126 e. The molecule has 1 aromatic rings. The van der Waals surface area contributed by atoms with Crippen LogP contribution in [-0.2, 0) is 0 Å². The predicted molar refractivity (Wildman–Crippen MR) is 59.1 cm³/mol. The lowest BCUT2D eigenvalue weighted by atomic mass is 9.99. The van der Waals surface area contributed by atoms with Gasteiger partial charge in [-0.3, -0.25) is 4.90 Å². The average Bonchev–Trinajstić information content (AvgIpc) is 2.52. The van der Waals surface area contributed by atoms with Crippen molar-refractivity contribution in [1.82, 2.24) is 4.90 Å². The third-order valence-electron chi connectivity index (χ3n) is 3.23. The highest BCUT2D eigenvalue weighted by Crippen LogP contribution is 2.30. The van der Waals surface area contributed by atoms with Gasteiger partial charge in [0.1, 0.15) is 5.82 Å². The van der Waals surface area contributed by atoms with Gasteiger partial charge in [0.15, 0.2) is 0 Å². The Morgan fingerprint density at radius 3 is 2.73 bits per heavy atom. The second-order valence-electron chi connectivity index (χ2n) is 4.39. The van der Waals surface area contributed by atoms with E-state index in [0.717, 1.165) is 18.5 Å². The monoisotopic (exact) mass is 208 g/mol. The largest absolute Gasteiger partial charge is 0.326 e. The standard InChI is InChI=1S/C12H17FN2/c1-8-3-4-9(7-10(8)13)12-11(14)5-6-15(12)2/h3-4,7,11-12H,5-6,14H2,1-2H3. The molecule has 2 atom stereocenters. The van der Waals surface area contributed by atoms with Crippen molar-refractivity contribution in [2.24, 2.45) is 5.73 Å². The van der Waals surface area contributed by atoms with E-state index >= 15 is 0 Å². The third kappa shape index (κ3) is 1.90. The van der Waals surface area contributed by atoms with Crippen molar-refractivity contribution >= 4 is 0 Å². The third-order valence-corrected chi connectivity index (χ3v) is 3.23. The molecule has 3 heteroatoms. The van der Waals surface area contributed by atoms with Crippen LogP contribution in [0.5, 0.6) is 0 Å². The molecular weight excluding hydrogens is 191 g/mol. The molecule has 1 heterocycles. The molecule has 0 spiro atoms. The summed E-state index contributed by atoms with van der Waals surface area (Å²) in [5.74, 6) is -0.139. The molecule has 1 fully saturated rings. The van der Waals surface area contributed by atoms with Crippen LogP contribution in [0.3, 0.4) is 0 Å². The van der Waals surface area contributed by atoms with Crippen LogP contribution in [0.4, 0.5) is 4.39 Å². The lowest BCUT2D eigenvalue weighted by Gasteiger charge is -2.23. The Morgan fingerprint density at radius 1 is 1.47 bits per heavy atom. The van der Waals surface area contributed by atoms with Gasteiger partial charge in [-0.25, -0.2) is 4.39 Å². The molecule has 15 heavy (non-hydrogen) atoms. The molecule has 1 saturated heterocycles.